The molecular weight excluding hydrogens is 298 g/mol. The van der Waals surface area contributed by atoms with E-state index in [-0.39, 0.29) is 17.3 Å². The highest BCUT2D eigenvalue weighted by atomic mass is 35.5. The summed E-state index contributed by atoms with van der Waals surface area (Å²) in [6.07, 6.45) is 0. The number of nitrogens with zero attached hydrogens (tertiary/aromatic N) is 3. The van der Waals surface area contributed by atoms with Crippen molar-refractivity contribution in [2.75, 3.05) is 5.43 Å². The molecule has 0 fully saturated rings. The molecule has 1 aromatic heterocycles. The second-order valence-corrected chi connectivity index (χ2v) is 4.60. The Kier molecular flexibility index (Phi) is 4.20. The summed E-state index contributed by atoms with van der Waals surface area (Å²) in [5.41, 5.74) is 2.73. The molecule has 2 aromatic rings. The number of nitro benzene ring substituents is 1. The molecule has 0 aliphatic rings. The Balaban J connectivity index is 2.50. The van der Waals surface area contributed by atoms with Crippen LogP contribution in [0.25, 0.3) is 0 Å². The zero-order valence-electron chi connectivity index (χ0n) is 11.3. The SMILES string of the molecule is Cc1nc(NN)c(C)c(Oc2cc(Cl)ccc2[N+](=O)[O-])n1. The molecule has 2 rings (SSSR count). The number of anilines is 1. The van der Waals surface area contributed by atoms with E-state index in [2.05, 4.69) is 15.4 Å². The van der Waals surface area contributed by atoms with Gasteiger partial charge in [0.05, 0.1) is 10.5 Å². The third kappa shape index (κ3) is 3.18. The van der Waals surface area contributed by atoms with Gasteiger partial charge in [-0.15, -0.1) is 0 Å². The number of benzene rings is 1. The first-order valence-corrected chi connectivity index (χ1v) is 6.24. The summed E-state index contributed by atoms with van der Waals surface area (Å²) < 4.78 is 5.53. The highest BCUT2D eigenvalue weighted by molar-refractivity contribution is 6.30. The Hall–Kier alpha value is -2.45. The van der Waals surface area contributed by atoms with Crippen molar-refractivity contribution in [1.29, 1.82) is 0 Å². The Labute approximate surface area is 125 Å². The van der Waals surface area contributed by atoms with Crippen LogP contribution in [0.4, 0.5) is 11.5 Å². The zero-order valence-corrected chi connectivity index (χ0v) is 12.0. The summed E-state index contributed by atoms with van der Waals surface area (Å²) in [6, 6.07) is 4.03. The largest absolute Gasteiger partial charge is 0.431 e. The molecule has 110 valence electrons. The number of nitro groups is 1. The number of hydrazine groups is 1. The lowest BCUT2D eigenvalue weighted by molar-refractivity contribution is -0.385. The second kappa shape index (κ2) is 5.90. The van der Waals surface area contributed by atoms with Crippen LogP contribution in [0.3, 0.4) is 0 Å². The molecule has 0 aliphatic carbocycles. The predicted octanol–water partition coefficient (Wildman–Crippen LogP) is 2.73. The van der Waals surface area contributed by atoms with Crippen LogP contribution in [0.2, 0.25) is 5.02 Å². The molecule has 0 spiro atoms. The minimum atomic E-state index is -0.558. The number of aryl methyl sites for hydroxylation is 1. The molecule has 3 N–H and O–H groups in total. The highest BCUT2D eigenvalue weighted by Gasteiger charge is 2.19. The summed E-state index contributed by atoms with van der Waals surface area (Å²) in [6.45, 7) is 3.33. The number of nitrogen functional groups attached to an aromatic ring is 1. The second-order valence-electron chi connectivity index (χ2n) is 4.17. The van der Waals surface area contributed by atoms with E-state index in [1.807, 2.05) is 0 Å². The van der Waals surface area contributed by atoms with E-state index in [1.165, 1.54) is 18.2 Å². The number of halogens is 1. The molecule has 21 heavy (non-hydrogen) atoms. The standard InChI is InChI=1S/C12H12ClN5O3/c1-6-11(17-14)15-7(2)16-12(6)21-10-5-8(13)3-4-9(10)18(19)20/h3-5H,14H2,1-2H3,(H,15,16,17). The van der Waals surface area contributed by atoms with Crippen LogP contribution in [-0.4, -0.2) is 14.9 Å². The molecule has 0 unspecified atom stereocenters. The van der Waals surface area contributed by atoms with Crippen LogP contribution in [0, 0.1) is 24.0 Å². The van der Waals surface area contributed by atoms with Gasteiger partial charge in [-0.1, -0.05) is 11.6 Å². The van der Waals surface area contributed by atoms with Gasteiger partial charge in [0.1, 0.15) is 11.6 Å². The predicted molar refractivity (Wildman–Crippen MR) is 77.5 cm³/mol. The third-order valence-electron chi connectivity index (χ3n) is 2.67. The highest BCUT2D eigenvalue weighted by Crippen LogP contribution is 2.35. The fraction of sp³-hybridized carbons (Fsp3) is 0.167. The van der Waals surface area contributed by atoms with Crippen LogP contribution in [-0.2, 0) is 0 Å². The quantitative estimate of drug-likeness (QED) is 0.506. The first kappa shape index (κ1) is 14.9. The van der Waals surface area contributed by atoms with Crippen molar-refractivity contribution in [3.63, 3.8) is 0 Å². The molecule has 0 saturated carbocycles. The molecule has 1 heterocycles. The van der Waals surface area contributed by atoms with E-state index in [4.69, 9.17) is 22.2 Å². The van der Waals surface area contributed by atoms with Crippen molar-refractivity contribution >= 4 is 23.1 Å². The number of rotatable bonds is 4. The Morgan fingerprint density at radius 2 is 2.10 bits per heavy atom. The minimum Gasteiger partial charge on any atom is -0.431 e. The normalized spacial score (nSPS) is 10.3. The third-order valence-corrected chi connectivity index (χ3v) is 2.91. The first-order valence-electron chi connectivity index (χ1n) is 5.86. The molecule has 9 heteroatoms. The zero-order chi connectivity index (χ0) is 15.6. The van der Waals surface area contributed by atoms with E-state index >= 15 is 0 Å². The van der Waals surface area contributed by atoms with Crippen LogP contribution in [0.1, 0.15) is 11.4 Å². The fourth-order valence-corrected chi connectivity index (χ4v) is 1.83. The Morgan fingerprint density at radius 3 is 2.71 bits per heavy atom. The Bertz CT molecular complexity index is 708. The monoisotopic (exact) mass is 309 g/mol. The lowest BCUT2D eigenvalue weighted by Crippen LogP contribution is -2.12. The maximum absolute atomic E-state index is 11.0. The van der Waals surface area contributed by atoms with Gasteiger partial charge in [-0.2, -0.15) is 4.98 Å². The smallest absolute Gasteiger partial charge is 0.311 e. The van der Waals surface area contributed by atoms with Gasteiger partial charge in [-0.05, 0) is 19.9 Å². The van der Waals surface area contributed by atoms with Crippen molar-refractivity contribution in [2.45, 2.75) is 13.8 Å². The lowest BCUT2D eigenvalue weighted by atomic mass is 10.3. The van der Waals surface area contributed by atoms with Crippen molar-refractivity contribution in [1.82, 2.24) is 9.97 Å². The van der Waals surface area contributed by atoms with Gasteiger partial charge in [0, 0.05) is 17.2 Å². The van der Waals surface area contributed by atoms with E-state index < -0.39 is 4.92 Å². The molecule has 0 radical (unpaired) electrons. The summed E-state index contributed by atoms with van der Waals surface area (Å²) >= 11 is 5.85. The van der Waals surface area contributed by atoms with Crippen molar-refractivity contribution in [3.05, 3.63) is 44.7 Å². The van der Waals surface area contributed by atoms with Gasteiger partial charge in [0.15, 0.2) is 0 Å². The van der Waals surface area contributed by atoms with Gasteiger partial charge in [-0.3, -0.25) is 10.1 Å². The first-order chi connectivity index (χ1) is 9.92. The fourth-order valence-electron chi connectivity index (χ4n) is 1.67. The van der Waals surface area contributed by atoms with Gasteiger partial charge < -0.3 is 10.2 Å². The molecule has 0 bridgehead atoms. The van der Waals surface area contributed by atoms with Crippen molar-refractivity contribution < 1.29 is 9.66 Å². The van der Waals surface area contributed by atoms with E-state index in [9.17, 15) is 10.1 Å². The van der Waals surface area contributed by atoms with Crippen LogP contribution < -0.4 is 16.0 Å². The number of hydrogen-bond donors (Lipinski definition) is 2. The molecule has 0 saturated heterocycles. The molecule has 1 aromatic carbocycles. The summed E-state index contributed by atoms with van der Waals surface area (Å²) in [4.78, 5) is 18.7. The van der Waals surface area contributed by atoms with Gasteiger partial charge in [0.2, 0.25) is 11.6 Å². The van der Waals surface area contributed by atoms with Gasteiger partial charge >= 0.3 is 5.69 Å². The molecule has 0 atom stereocenters. The number of aromatic nitrogens is 2. The Morgan fingerprint density at radius 1 is 1.38 bits per heavy atom. The van der Waals surface area contributed by atoms with Gasteiger partial charge in [-0.25, -0.2) is 10.8 Å². The molecule has 8 nitrogen and oxygen atoms in total. The van der Waals surface area contributed by atoms with Crippen molar-refractivity contribution in [3.8, 4) is 11.6 Å². The number of nitrogens with two attached hydrogens (primary N) is 1. The summed E-state index contributed by atoms with van der Waals surface area (Å²) in [5.74, 6) is 6.31. The maximum Gasteiger partial charge on any atom is 0.311 e. The molecule has 0 aliphatic heterocycles. The average Bonchev–Trinajstić information content (AvgIpc) is 2.42. The van der Waals surface area contributed by atoms with Gasteiger partial charge in [0.25, 0.3) is 0 Å². The minimum absolute atomic E-state index is 0.00308. The topological polar surface area (TPSA) is 116 Å². The maximum atomic E-state index is 11.0. The van der Waals surface area contributed by atoms with Crippen LogP contribution >= 0.6 is 11.6 Å². The number of nitrogens with one attached hydrogen (secondary N) is 1. The van der Waals surface area contributed by atoms with E-state index in [1.54, 1.807) is 13.8 Å². The summed E-state index contributed by atoms with van der Waals surface area (Å²) in [7, 11) is 0. The number of ether oxygens (including phenoxy) is 1. The summed E-state index contributed by atoms with van der Waals surface area (Å²) in [5, 5.41) is 11.3. The number of hydrogen-bond acceptors (Lipinski definition) is 7. The van der Waals surface area contributed by atoms with Crippen LogP contribution in [0.5, 0.6) is 11.6 Å². The average molecular weight is 310 g/mol. The molecule has 0 amide bonds. The molecular formula is C12H12ClN5O3. The van der Waals surface area contributed by atoms with Crippen LogP contribution in [0.15, 0.2) is 18.2 Å². The lowest BCUT2D eigenvalue weighted by Gasteiger charge is -2.11. The van der Waals surface area contributed by atoms with E-state index in [0.29, 0.717) is 22.2 Å². The van der Waals surface area contributed by atoms with E-state index in [0.717, 1.165) is 0 Å². The van der Waals surface area contributed by atoms with Crippen molar-refractivity contribution in [2.24, 2.45) is 5.84 Å².